The van der Waals surface area contributed by atoms with Crippen molar-refractivity contribution >= 4 is 34.8 Å². The average molecular weight is 513 g/mol. The Labute approximate surface area is 214 Å². The Morgan fingerprint density at radius 2 is 1.86 bits per heavy atom. The largest absolute Gasteiger partial charge is 0.497 e. The number of carbonyl (C=O) groups is 4. The zero-order valence-corrected chi connectivity index (χ0v) is 21.3. The molecular weight excluding hydrogens is 480 g/mol. The van der Waals surface area contributed by atoms with Gasteiger partial charge in [-0.25, -0.2) is 4.98 Å². The van der Waals surface area contributed by atoms with Crippen LogP contribution in [0.2, 0.25) is 0 Å². The number of rotatable bonds is 8. The van der Waals surface area contributed by atoms with Crippen molar-refractivity contribution in [2.24, 2.45) is 0 Å². The zero-order valence-electron chi connectivity index (χ0n) is 20.5. The Kier molecular flexibility index (Phi) is 8.69. The van der Waals surface area contributed by atoms with Crippen molar-refractivity contribution in [2.75, 3.05) is 26.7 Å². The summed E-state index contributed by atoms with van der Waals surface area (Å²) in [4.78, 5) is 56.2. The van der Waals surface area contributed by atoms with Crippen molar-refractivity contribution in [2.45, 2.75) is 56.9 Å². The lowest BCUT2D eigenvalue weighted by Crippen LogP contribution is -2.45. The Morgan fingerprint density at radius 3 is 2.58 bits per heavy atom. The highest BCUT2D eigenvalue weighted by Gasteiger charge is 2.28. The Balaban J connectivity index is 1.23. The number of aromatic nitrogens is 1. The number of benzene rings is 1. The molecule has 2 fully saturated rings. The highest BCUT2D eigenvalue weighted by Crippen LogP contribution is 2.30. The second-order valence-corrected chi connectivity index (χ2v) is 10.1. The second-order valence-electron chi connectivity index (χ2n) is 9.19. The van der Waals surface area contributed by atoms with Crippen molar-refractivity contribution < 1.29 is 23.9 Å². The lowest BCUT2D eigenvalue weighted by Gasteiger charge is -2.31. The molecule has 1 unspecified atom stereocenters. The fourth-order valence-corrected chi connectivity index (χ4v) is 5.54. The monoisotopic (exact) mass is 512 g/mol. The third-order valence-corrected chi connectivity index (χ3v) is 7.78. The highest BCUT2D eigenvalue weighted by atomic mass is 32.1. The summed E-state index contributed by atoms with van der Waals surface area (Å²) in [5, 5.41) is 8.25. The van der Waals surface area contributed by atoms with Gasteiger partial charge in [0, 0.05) is 49.3 Å². The van der Waals surface area contributed by atoms with Crippen LogP contribution in [0.5, 0.6) is 5.75 Å². The van der Waals surface area contributed by atoms with Crippen LogP contribution in [0.15, 0.2) is 29.6 Å². The molecule has 9 nitrogen and oxygen atoms in total. The minimum absolute atomic E-state index is 0.0174. The predicted molar refractivity (Wildman–Crippen MR) is 135 cm³/mol. The third kappa shape index (κ3) is 6.48. The first-order valence-corrected chi connectivity index (χ1v) is 13.3. The van der Waals surface area contributed by atoms with Crippen molar-refractivity contribution in [1.82, 2.24) is 20.5 Å². The summed E-state index contributed by atoms with van der Waals surface area (Å²) in [5.41, 5.74) is 0.910. The number of likely N-dealkylation sites (tertiary alicyclic amines) is 1. The molecule has 192 valence electrons. The van der Waals surface area contributed by atoms with Crippen LogP contribution in [0.25, 0.3) is 0 Å². The smallest absolute Gasteiger partial charge is 0.271 e. The molecule has 2 N–H and O–H groups in total. The van der Waals surface area contributed by atoms with Gasteiger partial charge in [-0.3, -0.25) is 19.2 Å². The van der Waals surface area contributed by atoms with E-state index < -0.39 is 6.04 Å². The van der Waals surface area contributed by atoms with Gasteiger partial charge >= 0.3 is 0 Å². The number of hydrogen-bond donors (Lipinski definition) is 2. The molecular formula is C26H32N4O5S. The molecule has 0 radical (unpaired) electrons. The summed E-state index contributed by atoms with van der Waals surface area (Å²) in [7, 11) is 1.57. The molecule has 0 bridgehead atoms. The molecule has 0 aliphatic carbocycles. The van der Waals surface area contributed by atoms with Crippen molar-refractivity contribution in [3.8, 4) is 5.75 Å². The number of Topliss-reactive ketones (excluding diaryl/α,β-unsaturated/α-hetero) is 1. The number of carbonyl (C=O) groups excluding carboxylic acids is 4. The average Bonchev–Trinajstić information content (AvgIpc) is 3.32. The van der Waals surface area contributed by atoms with E-state index in [1.807, 2.05) is 4.90 Å². The van der Waals surface area contributed by atoms with Crippen LogP contribution < -0.4 is 15.4 Å². The topological polar surface area (TPSA) is 118 Å². The van der Waals surface area contributed by atoms with E-state index in [2.05, 4.69) is 15.6 Å². The maximum Gasteiger partial charge on any atom is 0.271 e. The van der Waals surface area contributed by atoms with E-state index in [0.717, 1.165) is 30.7 Å². The number of ketones is 1. The van der Waals surface area contributed by atoms with E-state index >= 15 is 0 Å². The van der Waals surface area contributed by atoms with E-state index in [4.69, 9.17) is 4.74 Å². The molecule has 0 saturated carbocycles. The maximum atomic E-state index is 12.7. The van der Waals surface area contributed by atoms with Gasteiger partial charge in [0.05, 0.1) is 12.1 Å². The number of methoxy groups -OCH3 is 1. The van der Waals surface area contributed by atoms with E-state index in [-0.39, 0.29) is 42.3 Å². The van der Waals surface area contributed by atoms with E-state index in [1.165, 1.54) is 11.3 Å². The Bertz CT molecular complexity index is 1090. The number of nitrogens with zero attached hydrogens (tertiary/aromatic N) is 2. The fraction of sp³-hybridized carbons (Fsp3) is 0.500. The maximum absolute atomic E-state index is 12.7. The van der Waals surface area contributed by atoms with Gasteiger partial charge in [-0.1, -0.05) is 0 Å². The molecule has 1 atom stereocenters. The van der Waals surface area contributed by atoms with Gasteiger partial charge in [-0.2, -0.15) is 0 Å². The first kappa shape index (κ1) is 25.8. The molecule has 0 spiro atoms. The fourth-order valence-electron chi connectivity index (χ4n) is 4.56. The molecule has 3 heterocycles. The van der Waals surface area contributed by atoms with Crippen LogP contribution in [-0.2, 0) is 9.59 Å². The third-order valence-electron chi connectivity index (χ3n) is 6.77. The van der Waals surface area contributed by atoms with E-state index in [0.29, 0.717) is 43.1 Å². The Hall–Kier alpha value is -3.27. The first-order chi connectivity index (χ1) is 17.4. The van der Waals surface area contributed by atoms with Gasteiger partial charge in [0.1, 0.15) is 17.5 Å². The van der Waals surface area contributed by atoms with Gasteiger partial charge in [-0.15, -0.1) is 11.3 Å². The first-order valence-electron chi connectivity index (χ1n) is 12.4. The van der Waals surface area contributed by atoms with Gasteiger partial charge in [0.25, 0.3) is 5.91 Å². The number of ether oxygens (including phenoxy) is 1. The van der Waals surface area contributed by atoms with Crippen LogP contribution >= 0.6 is 11.3 Å². The lowest BCUT2D eigenvalue weighted by molar-refractivity contribution is -0.132. The van der Waals surface area contributed by atoms with Gasteiger partial charge in [0.2, 0.25) is 11.8 Å². The summed E-state index contributed by atoms with van der Waals surface area (Å²) < 4.78 is 5.11. The van der Waals surface area contributed by atoms with Crippen molar-refractivity contribution in [3.63, 3.8) is 0 Å². The molecule has 2 aliphatic heterocycles. The normalized spacial score (nSPS) is 18.8. The minimum atomic E-state index is -0.518. The summed E-state index contributed by atoms with van der Waals surface area (Å²) in [6.07, 6.45) is 4.32. The molecule has 2 aromatic rings. The van der Waals surface area contributed by atoms with Gasteiger partial charge in [0.15, 0.2) is 5.78 Å². The van der Waals surface area contributed by atoms with Crippen molar-refractivity contribution in [3.05, 3.63) is 45.9 Å². The summed E-state index contributed by atoms with van der Waals surface area (Å²) in [5.74, 6) is 0.327. The van der Waals surface area contributed by atoms with Crippen LogP contribution in [0.3, 0.4) is 0 Å². The number of hydrogen-bond acceptors (Lipinski definition) is 7. The molecule has 1 aromatic carbocycles. The molecule has 2 aliphatic rings. The van der Waals surface area contributed by atoms with Gasteiger partial charge < -0.3 is 20.3 Å². The standard InChI is InChI=1S/C26H32N4O5S/c1-35-19-7-5-17(6-8-19)22(31)9-10-23(32)30-14-11-18(12-15-30)26-29-21(16-36-26)25(34)28-20-4-2-3-13-27-24(20)33/h5-8,16,18,20H,2-4,9-15H2,1H3,(H,27,33)(H,28,34). The molecule has 2 saturated heterocycles. The number of amides is 3. The van der Waals surface area contributed by atoms with E-state index in [1.54, 1.807) is 36.8 Å². The van der Waals surface area contributed by atoms with Crippen LogP contribution in [0, 0.1) is 0 Å². The number of thiazole rings is 1. The van der Waals surface area contributed by atoms with Gasteiger partial charge in [-0.05, 0) is 56.4 Å². The van der Waals surface area contributed by atoms with Crippen LogP contribution in [0.4, 0.5) is 0 Å². The lowest BCUT2D eigenvalue weighted by atomic mass is 9.97. The second kappa shape index (κ2) is 12.1. The number of nitrogens with one attached hydrogen (secondary N) is 2. The molecule has 3 amide bonds. The summed E-state index contributed by atoms with van der Waals surface area (Å²) in [6.45, 7) is 1.85. The summed E-state index contributed by atoms with van der Waals surface area (Å²) >= 11 is 1.45. The zero-order chi connectivity index (χ0) is 25.5. The minimum Gasteiger partial charge on any atom is -0.497 e. The molecule has 1 aromatic heterocycles. The molecule has 36 heavy (non-hydrogen) atoms. The quantitative estimate of drug-likeness (QED) is 0.525. The highest BCUT2D eigenvalue weighted by molar-refractivity contribution is 7.09. The summed E-state index contributed by atoms with van der Waals surface area (Å²) in [6, 6.07) is 6.38. The van der Waals surface area contributed by atoms with Crippen molar-refractivity contribution in [1.29, 1.82) is 0 Å². The molecule has 4 rings (SSSR count). The van der Waals surface area contributed by atoms with E-state index in [9.17, 15) is 19.2 Å². The predicted octanol–water partition coefficient (Wildman–Crippen LogP) is 2.92. The SMILES string of the molecule is COc1ccc(C(=O)CCC(=O)N2CCC(c3nc(C(=O)NC4CCCCNC4=O)cs3)CC2)cc1. The molecule has 10 heteroatoms. The number of piperidine rings is 1. The van der Waals surface area contributed by atoms with Crippen LogP contribution in [-0.4, -0.2) is 66.2 Å². The Morgan fingerprint density at radius 1 is 1.11 bits per heavy atom. The van der Waals surface area contributed by atoms with Crippen LogP contribution in [0.1, 0.15) is 76.7 Å².